The van der Waals surface area contributed by atoms with Gasteiger partial charge in [0.2, 0.25) is 5.96 Å². The first-order valence-corrected chi connectivity index (χ1v) is 12.1. The predicted molar refractivity (Wildman–Crippen MR) is 117 cm³/mol. The van der Waals surface area contributed by atoms with E-state index in [1.165, 1.54) is 10.4 Å². The number of fused-ring (bicyclic) bond motifs is 1. The zero-order valence-electron chi connectivity index (χ0n) is 16.4. The number of guanidine groups is 1. The zero-order chi connectivity index (χ0) is 22.1. The van der Waals surface area contributed by atoms with Crippen LogP contribution in [0.3, 0.4) is 0 Å². The molecule has 1 aromatic heterocycles. The lowest BCUT2D eigenvalue weighted by molar-refractivity contribution is 0.0973. The van der Waals surface area contributed by atoms with Gasteiger partial charge in [0.1, 0.15) is 32.7 Å². The third kappa shape index (κ3) is 4.20. The molecular weight excluding hydrogens is 492 g/mol. The summed E-state index contributed by atoms with van der Waals surface area (Å²) in [5.41, 5.74) is -1.81. The number of carbonyl (C=O) groups is 1. The molecule has 0 saturated heterocycles. The minimum absolute atomic E-state index is 0.0884. The molecule has 3 heterocycles. The molecule has 0 radical (unpaired) electrons. The highest BCUT2D eigenvalue weighted by Crippen LogP contribution is 2.36. The molecule has 0 saturated carbocycles. The molecule has 1 amide bonds. The molecule has 0 fully saturated rings. The summed E-state index contributed by atoms with van der Waals surface area (Å²) in [6.45, 7) is -0.503. The Morgan fingerprint density at radius 3 is 2.74 bits per heavy atom. The average molecular weight is 512 g/mol. The molecule has 1 unspecified atom stereocenters. The number of aromatic nitrogens is 1. The van der Waals surface area contributed by atoms with Crippen molar-refractivity contribution in [2.75, 3.05) is 25.5 Å². The number of hydrogen-bond donors (Lipinski definition) is 1. The minimum atomic E-state index is -3.19. The molecule has 0 bridgehead atoms. The first-order valence-electron chi connectivity index (χ1n) is 9.70. The number of rotatable bonds is 3. The Hall–Kier alpha value is -2.40. The molecule has 1 aromatic carbocycles. The standard InChI is InChI=1S/C20H20BrF2N5O2S/c21-16-9-8-15(23)17(25-16)20(12-22)13-31(30)24-10-4-5-11-28(31)19(27-20)26-18(29)14-6-2-1-3-7-14/h1-3,6-9H,4-5,10-13H2,(H,26,27,29)/t20-,31?/m0/s1. The molecule has 4 rings (SSSR count). The maximum Gasteiger partial charge on any atom is 0.257 e. The van der Waals surface area contributed by atoms with Gasteiger partial charge in [-0.15, -0.1) is 0 Å². The summed E-state index contributed by atoms with van der Waals surface area (Å²) < 4.78 is 49.2. The number of carbonyl (C=O) groups excluding carboxylic acids is 1. The Morgan fingerprint density at radius 2 is 2.00 bits per heavy atom. The minimum Gasteiger partial charge on any atom is -0.292 e. The average Bonchev–Trinajstić information content (AvgIpc) is 2.97. The lowest BCUT2D eigenvalue weighted by Crippen LogP contribution is -2.56. The summed E-state index contributed by atoms with van der Waals surface area (Å²) in [6.07, 6.45) is 1.37. The van der Waals surface area contributed by atoms with Gasteiger partial charge < -0.3 is 0 Å². The number of amides is 1. The molecule has 0 spiro atoms. The number of alkyl halides is 1. The molecule has 2 aromatic rings. The quantitative estimate of drug-likeness (QED) is 0.640. The summed E-state index contributed by atoms with van der Waals surface area (Å²) in [7, 11) is -3.19. The van der Waals surface area contributed by atoms with E-state index in [-0.39, 0.29) is 22.0 Å². The summed E-state index contributed by atoms with van der Waals surface area (Å²) in [6, 6.07) is 10.9. The Balaban J connectivity index is 1.86. The van der Waals surface area contributed by atoms with Crippen molar-refractivity contribution in [3.8, 4) is 0 Å². The van der Waals surface area contributed by atoms with Crippen LogP contribution >= 0.6 is 15.9 Å². The maximum absolute atomic E-state index is 14.7. The van der Waals surface area contributed by atoms with E-state index >= 15 is 0 Å². The van der Waals surface area contributed by atoms with Crippen molar-refractivity contribution >= 4 is 37.7 Å². The number of nitrogens with zero attached hydrogens (tertiary/aromatic N) is 4. The van der Waals surface area contributed by atoms with Gasteiger partial charge in [-0.3, -0.25) is 14.4 Å². The molecule has 1 N–H and O–H groups in total. The largest absolute Gasteiger partial charge is 0.292 e. The van der Waals surface area contributed by atoms with Gasteiger partial charge in [-0.1, -0.05) is 18.2 Å². The van der Waals surface area contributed by atoms with Gasteiger partial charge in [-0.2, -0.15) is 0 Å². The van der Waals surface area contributed by atoms with E-state index in [0.717, 1.165) is 6.07 Å². The first-order chi connectivity index (χ1) is 14.9. The van der Waals surface area contributed by atoms with Gasteiger partial charge in [0.15, 0.2) is 5.54 Å². The summed E-state index contributed by atoms with van der Waals surface area (Å²) in [5.74, 6) is -1.72. The van der Waals surface area contributed by atoms with Crippen LogP contribution in [0, 0.1) is 5.82 Å². The molecule has 2 aliphatic rings. The summed E-state index contributed by atoms with van der Waals surface area (Å²) in [5, 5.41) is 2.65. The van der Waals surface area contributed by atoms with Crippen LogP contribution in [-0.4, -0.2) is 50.9 Å². The molecule has 7 nitrogen and oxygen atoms in total. The van der Waals surface area contributed by atoms with E-state index in [0.29, 0.717) is 31.5 Å². The van der Waals surface area contributed by atoms with Crippen LogP contribution in [0.25, 0.3) is 0 Å². The molecule has 2 atom stereocenters. The van der Waals surface area contributed by atoms with Crippen molar-refractivity contribution in [3.05, 3.63) is 64.1 Å². The van der Waals surface area contributed by atoms with Crippen LogP contribution in [0.2, 0.25) is 0 Å². The second-order valence-electron chi connectivity index (χ2n) is 7.30. The Bertz CT molecular complexity index is 1150. The van der Waals surface area contributed by atoms with Gasteiger partial charge >= 0.3 is 0 Å². The summed E-state index contributed by atoms with van der Waals surface area (Å²) >= 11 is 3.17. The predicted octanol–water partition coefficient (Wildman–Crippen LogP) is 3.43. The van der Waals surface area contributed by atoms with Crippen molar-refractivity contribution in [2.24, 2.45) is 9.36 Å². The van der Waals surface area contributed by atoms with Crippen molar-refractivity contribution in [3.63, 3.8) is 0 Å². The highest BCUT2D eigenvalue weighted by molar-refractivity contribution is 9.10. The lowest BCUT2D eigenvalue weighted by Gasteiger charge is -2.39. The molecule has 31 heavy (non-hydrogen) atoms. The van der Waals surface area contributed by atoms with Gasteiger partial charge in [-0.25, -0.2) is 27.3 Å². The third-order valence-corrected chi connectivity index (χ3v) is 8.05. The van der Waals surface area contributed by atoms with E-state index in [1.807, 2.05) is 0 Å². The highest BCUT2D eigenvalue weighted by atomic mass is 79.9. The highest BCUT2D eigenvalue weighted by Gasteiger charge is 2.47. The fourth-order valence-corrected chi connectivity index (χ4v) is 6.39. The number of aliphatic imine (C=N–C) groups is 1. The molecule has 2 aliphatic heterocycles. The third-order valence-electron chi connectivity index (χ3n) is 5.12. The number of benzene rings is 1. The molecule has 11 heteroatoms. The topological polar surface area (TPSA) is 87.0 Å². The normalized spacial score (nSPS) is 25.6. The van der Waals surface area contributed by atoms with Crippen LogP contribution in [0.4, 0.5) is 8.78 Å². The van der Waals surface area contributed by atoms with Crippen LogP contribution in [0.5, 0.6) is 0 Å². The van der Waals surface area contributed by atoms with Crippen LogP contribution in [-0.2, 0) is 15.5 Å². The SMILES string of the molecule is O=C(NC1=N[C@](CF)(c2nc(Br)ccc2F)CS2(=O)=NCCCCN12)c1ccccc1. The lowest BCUT2D eigenvalue weighted by atomic mass is 9.99. The van der Waals surface area contributed by atoms with E-state index in [4.69, 9.17) is 0 Å². The number of halogens is 3. The van der Waals surface area contributed by atoms with Gasteiger partial charge in [0, 0.05) is 12.1 Å². The fourth-order valence-electron chi connectivity index (χ4n) is 3.60. The van der Waals surface area contributed by atoms with Crippen molar-refractivity contribution in [1.29, 1.82) is 0 Å². The zero-order valence-corrected chi connectivity index (χ0v) is 18.8. The van der Waals surface area contributed by atoms with Crippen molar-refractivity contribution in [1.82, 2.24) is 14.6 Å². The Kier molecular flexibility index (Phi) is 6.07. The van der Waals surface area contributed by atoms with Crippen LogP contribution in [0.1, 0.15) is 28.9 Å². The van der Waals surface area contributed by atoms with Crippen LogP contribution < -0.4 is 5.32 Å². The van der Waals surface area contributed by atoms with Gasteiger partial charge in [0.05, 0.1) is 12.3 Å². The van der Waals surface area contributed by atoms with E-state index < -0.39 is 33.9 Å². The van der Waals surface area contributed by atoms with Crippen molar-refractivity contribution < 1.29 is 17.8 Å². The maximum atomic E-state index is 14.7. The Morgan fingerprint density at radius 1 is 1.23 bits per heavy atom. The van der Waals surface area contributed by atoms with Gasteiger partial charge in [-0.05, 0) is 53.0 Å². The number of hydrogen-bond acceptors (Lipinski definition) is 5. The Labute approximate surface area is 187 Å². The van der Waals surface area contributed by atoms with E-state index in [9.17, 15) is 17.8 Å². The van der Waals surface area contributed by atoms with Crippen molar-refractivity contribution in [2.45, 2.75) is 18.4 Å². The first kappa shape index (κ1) is 21.8. The molecule has 164 valence electrons. The fraction of sp³-hybridized carbons (Fsp3) is 0.350. The molecule has 0 aliphatic carbocycles. The molecular formula is C20H20BrF2N5O2S. The van der Waals surface area contributed by atoms with E-state index in [1.54, 1.807) is 30.3 Å². The number of nitrogens with one attached hydrogen (secondary N) is 1. The van der Waals surface area contributed by atoms with E-state index in [2.05, 4.69) is 35.6 Å². The second-order valence-corrected chi connectivity index (χ2v) is 10.3. The van der Waals surface area contributed by atoms with Gasteiger partial charge in [0.25, 0.3) is 5.91 Å². The summed E-state index contributed by atoms with van der Waals surface area (Å²) in [4.78, 5) is 21.3. The smallest absolute Gasteiger partial charge is 0.257 e. The monoisotopic (exact) mass is 511 g/mol. The van der Waals surface area contributed by atoms with Crippen LogP contribution in [0.15, 0.2) is 56.4 Å². The second kappa shape index (κ2) is 8.62. The number of pyridine rings is 1.